The number of aromatic nitrogens is 1. The van der Waals surface area contributed by atoms with Gasteiger partial charge in [0.1, 0.15) is 0 Å². The zero-order chi connectivity index (χ0) is 19.2. The Kier molecular flexibility index (Phi) is 6.57. The van der Waals surface area contributed by atoms with Crippen LogP contribution in [0.3, 0.4) is 0 Å². The molecule has 0 atom stereocenters. The maximum Gasteiger partial charge on any atom is 0.225 e. The molecule has 0 unspecified atom stereocenters. The van der Waals surface area contributed by atoms with Gasteiger partial charge in [0.15, 0.2) is 0 Å². The lowest BCUT2D eigenvalue weighted by atomic mass is 9.90. The SMILES string of the molecule is O=C1CCOC2(CCN(Cc3ccncc3)CC2)CN1CCN1CCOCC1. The molecule has 0 aliphatic carbocycles. The molecular weight excluding hydrogens is 356 g/mol. The van der Waals surface area contributed by atoms with Crippen LogP contribution < -0.4 is 0 Å². The molecule has 1 spiro atoms. The number of hydrogen-bond donors (Lipinski definition) is 0. The highest BCUT2D eigenvalue weighted by atomic mass is 16.5. The summed E-state index contributed by atoms with van der Waals surface area (Å²) in [7, 11) is 0. The van der Waals surface area contributed by atoms with Crippen LogP contribution in [0.25, 0.3) is 0 Å². The van der Waals surface area contributed by atoms with Crippen LogP contribution in [0.4, 0.5) is 0 Å². The molecule has 0 bridgehead atoms. The Labute approximate surface area is 167 Å². The van der Waals surface area contributed by atoms with Gasteiger partial charge in [-0.2, -0.15) is 0 Å². The zero-order valence-electron chi connectivity index (χ0n) is 16.7. The van der Waals surface area contributed by atoms with Crippen LogP contribution >= 0.6 is 0 Å². The summed E-state index contributed by atoms with van der Waals surface area (Å²) in [5, 5.41) is 0. The van der Waals surface area contributed by atoms with Gasteiger partial charge in [-0.05, 0) is 30.5 Å². The average molecular weight is 389 g/mol. The monoisotopic (exact) mass is 388 g/mol. The fraction of sp³-hybridized carbons (Fsp3) is 0.714. The Bertz CT molecular complexity index is 628. The molecule has 0 aromatic carbocycles. The van der Waals surface area contributed by atoms with Crippen LogP contribution in [-0.4, -0.2) is 96.8 Å². The van der Waals surface area contributed by atoms with Gasteiger partial charge in [-0.3, -0.25) is 19.6 Å². The van der Waals surface area contributed by atoms with E-state index in [1.165, 1.54) is 5.56 Å². The summed E-state index contributed by atoms with van der Waals surface area (Å²) in [5.74, 6) is 0.240. The summed E-state index contributed by atoms with van der Waals surface area (Å²) in [5.41, 5.74) is 1.13. The van der Waals surface area contributed by atoms with E-state index in [1.54, 1.807) is 0 Å². The first kappa shape index (κ1) is 19.8. The van der Waals surface area contributed by atoms with Crippen molar-refractivity contribution in [1.29, 1.82) is 0 Å². The number of carbonyl (C=O) groups is 1. The van der Waals surface area contributed by atoms with Crippen molar-refractivity contribution in [2.24, 2.45) is 0 Å². The van der Waals surface area contributed by atoms with E-state index in [0.717, 1.165) is 78.4 Å². The summed E-state index contributed by atoms with van der Waals surface area (Å²) in [4.78, 5) is 23.6. The third-order valence-electron chi connectivity index (χ3n) is 6.27. The maximum absolute atomic E-state index is 12.6. The first-order valence-electron chi connectivity index (χ1n) is 10.6. The number of ether oxygens (including phenoxy) is 2. The number of piperidine rings is 1. The molecule has 7 heteroatoms. The Morgan fingerprint density at radius 1 is 0.964 bits per heavy atom. The molecule has 7 nitrogen and oxygen atoms in total. The highest BCUT2D eigenvalue weighted by Crippen LogP contribution is 2.30. The lowest BCUT2D eigenvalue weighted by molar-refractivity contribution is -0.132. The van der Waals surface area contributed by atoms with Gasteiger partial charge in [-0.15, -0.1) is 0 Å². The van der Waals surface area contributed by atoms with E-state index in [0.29, 0.717) is 13.0 Å². The average Bonchev–Trinajstić information content (AvgIpc) is 2.89. The minimum Gasteiger partial charge on any atom is -0.379 e. The number of pyridine rings is 1. The highest BCUT2D eigenvalue weighted by Gasteiger charge is 2.40. The van der Waals surface area contributed by atoms with Gasteiger partial charge in [-0.1, -0.05) is 0 Å². The number of amides is 1. The lowest BCUT2D eigenvalue weighted by Gasteiger charge is -2.43. The molecule has 1 aromatic heterocycles. The number of carbonyl (C=O) groups excluding carboxylic acids is 1. The second-order valence-corrected chi connectivity index (χ2v) is 8.18. The third-order valence-corrected chi connectivity index (χ3v) is 6.27. The van der Waals surface area contributed by atoms with Crippen LogP contribution in [0.5, 0.6) is 0 Å². The fourth-order valence-electron chi connectivity index (χ4n) is 4.45. The first-order chi connectivity index (χ1) is 13.7. The topological polar surface area (TPSA) is 58.1 Å². The zero-order valence-corrected chi connectivity index (χ0v) is 16.7. The van der Waals surface area contributed by atoms with Crippen molar-refractivity contribution < 1.29 is 14.3 Å². The van der Waals surface area contributed by atoms with Crippen molar-refractivity contribution >= 4 is 5.91 Å². The molecule has 4 rings (SSSR count). The van der Waals surface area contributed by atoms with Crippen LogP contribution in [0.2, 0.25) is 0 Å². The van der Waals surface area contributed by atoms with Crippen molar-refractivity contribution in [2.45, 2.75) is 31.4 Å². The number of nitrogens with zero attached hydrogens (tertiary/aromatic N) is 4. The summed E-state index contributed by atoms with van der Waals surface area (Å²) >= 11 is 0. The summed E-state index contributed by atoms with van der Waals surface area (Å²) < 4.78 is 11.7. The van der Waals surface area contributed by atoms with Crippen molar-refractivity contribution in [3.63, 3.8) is 0 Å². The smallest absolute Gasteiger partial charge is 0.225 e. The highest BCUT2D eigenvalue weighted by molar-refractivity contribution is 5.76. The Hall–Kier alpha value is -1.54. The Morgan fingerprint density at radius 2 is 1.71 bits per heavy atom. The lowest BCUT2D eigenvalue weighted by Crippen LogP contribution is -2.53. The molecule has 3 aliphatic heterocycles. The van der Waals surface area contributed by atoms with Crippen LogP contribution in [-0.2, 0) is 20.8 Å². The van der Waals surface area contributed by atoms with Crippen molar-refractivity contribution in [3.8, 4) is 0 Å². The molecule has 1 aromatic rings. The molecule has 0 radical (unpaired) electrons. The molecule has 28 heavy (non-hydrogen) atoms. The van der Waals surface area contributed by atoms with Gasteiger partial charge in [0.25, 0.3) is 0 Å². The fourth-order valence-corrected chi connectivity index (χ4v) is 4.45. The van der Waals surface area contributed by atoms with Crippen LogP contribution in [0, 0.1) is 0 Å². The number of likely N-dealkylation sites (tertiary alicyclic amines) is 1. The quantitative estimate of drug-likeness (QED) is 0.750. The number of hydrogen-bond acceptors (Lipinski definition) is 6. The summed E-state index contributed by atoms with van der Waals surface area (Å²) in [6, 6.07) is 4.16. The van der Waals surface area contributed by atoms with E-state index < -0.39 is 0 Å². The number of morpholine rings is 1. The van der Waals surface area contributed by atoms with Crippen molar-refractivity contribution in [1.82, 2.24) is 19.7 Å². The van der Waals surface area contributed by atoms with Crippen LogP contribution in [0.15, 0.2) is 24.5 Å². The van der Waals surface area contributed by atoms with Crippen molar-refractivity contribution in [2.75, 3.05) is 65.6 Å². The van der Waals surface area contributed by atoms with Crippen molar-refractivity contribution in [3.05, 3.63) is 30.1 Å². The minimum atomic E-state index is -0.175. The third kappa shape index (κ3) is 5.08. The molecular formula is C21H32N4O3. The molecule has 154 valence electrons. The largest absolute Gasteiger partial charge is 0.379 e. The molecule has 0 saturated carbocycles. The molecule has 3 fully saturated rings. The van der Waals surface area contributed by atoms with Gasteiger partial charge < -0.3 is 14.4 Å². The molecule has 4 heterocycles. The van der Waals surface area contributed by atoms with E-state index in [1.807, 2.05) is 12.4 Å². The standard InChI is InChI=1S/C21H32N4O3/c26-20-3-14-28-21(18-25(20)11-10-23-12-15-27-16-13-23)4-8-24(9-5-21)17-19-1-6-22-7-2-19/h1-2,6-7H,3-5,8-18H2. The Balaban J connectivity index is 1.31. The van der Waals surface area contributed by atoms with E-state index >= 15 is 0 Å². The molecule has 1 amide bonds. The van der Waals surface area contributed by atoms with Gasteiger partial charge in [-0.25, -0.2) is 0 Å². The first-order valence-corrected chi connectivity index (χ1v) is 10.6. The van der Waals surface area contributed by atoms with Gasteiger partial charge >= 0.3 is 0 Å². The maximum atomic E-state index is 12.6. The van der Waals surface area contributed by atoms with Crippen LogP contribution in [0.1, 0.15) is 24.8 Å². The second kappa shape index (κ2) is 9.31. The summed E-state index contributed by atoms with van der Waals surface area (Å²) in [6.07, 6.45) is 6.19. The summed E-state index contributed by atoms with van der Waals surface area (Å²) in [6.45, 7) is 9.52. The molecule has 0 N–H and O–H groups in total. The van der Waals surface area contributed by atoms with Gasteiger partial charge in [0.2, 0.25) is 5.91 Å². The van der Waals surface area contributed by atoms with Gasteiger partial charge in [0.05, 0.1) is 31.8 Å². The van der Waals surface area contributed by atoms with E-state index in [9.17, 15) is 4.79 Å². The minimum absolute atomic E-state index is 0.175. The number of rotatable bonds is 5. The molecule has 3 saturated heterocycles. The Morgan fingerprint density at radius 3 is 2.46 bits per heavy atom. The van der Waals surface area contributed by atoms with E-state index in [-0.39, 0.29) is 11.5 Å². The normalized spacial score (nSPS) is 24.4. The predicted octanol–water partition coefficient (Wildman–Crippen LogP) is 0.997. The van der Waals surface area contributed by atoms with E-state index in [2.05, 4.69) is 31.8 Å². The van der Waals surface area contributed by atoms with E-state index in [4.69, 9.17) is 9.47 Å². The molecule has 3 aliphatic rings. The second-order valence-electron chi connectivity index (χ2n) is 8.18. The predicted molar refractivity (Wildman–Crippen MR) is 106 cm³/mol. The van der Waals surface area contributed by atoms with Gasteiger partial charge in [0, 0.05) is 64.8 Å².